The standard InChI is InChI=1S/C30H47NO10/c1-6-8-10-17-38-28(34)40-24-14-13-23(20-25(24)41-29(35)39-18-11-9-7-2)21-30(31,27(33)36-5)16-19-37-26(32)15-12-22(3)4/h13-14,20,22H,6-12,15-19,21,31H2,1-5H3/t30-/m1/s1. The lowest BCUT2D eigenvalue weighted by atomic mass is 9.88. The van der Waals surface area contributed by atoms with Crippen molar-refractivity contribution >= 4 is 24.2 Å². The van der Waals surface area contributed by atoms with Gasteiger partial charge in [-0.15, -0.1) is 0 Å². The van der Waals surface area contributed by atoms with Gasteiger partial charge in [0.15, 0.2) is 11.5 Å². The number of methoxy groups -OCH3 is 1. The van der Waals surface area contributed by atoms with Gasteiger partial charge in [0.05, 0.1) is 26.9 Å². The van der Waals surface area contributed by atoms with Crippen molar-refractivity contribution in [3.05, 3.63) is 23.8 Å². The molecule has 0 aliphatic rings. The molecule has 0 radical (unpaired) electrons. The fourth-order valence-electron chi connectivity index (χ4n) is 3.74. The third-order valence-electron chi connectivity index (χ3n) is 6.18. The minimum absolute atomic E-state index is 0.00884. The van der Waals surface area contributed by atoms with Crippen LogP contribution in [0.2, 0.25) is 0 Å². The van der Waals surface area contributed by atoms with E-state index < -0.39 is 23.8 Å². The van der Waals surface area contributed by atoms with Crippen LogP contribution in [0.4, 0.5) is 9.59 Å². The topological polar surface area (TPSA) is 150 Å². The maximum atomic E-state index is 12.6. The predicted octanol–water partition coefficient (Wildman–Crippen LogP) is 5.88. The van der Waals surface area contributed by atoms with E-state index in [9.17, 15) is 19.2 Å². The molecule has 1 rings (SSSR count). The third kappa shape index (κ3) is 14.7. The maximum absolute atomic E-state index is 12.6. The van der Waals surface area contributed by atoms with Crippen molar-refractivity contribution in [1.29, 1.82) is 0 Å². The molecule has 0 spiro atoms. The number of unbranched alkanes of at least 4 members (excludes halogenated alkanes) is 4. The van der Waals surface area contributed by atoms with E-state index in [1.165, 1.54) is 19.2 Å². The Morgan fingerprint density at radius 1 is 0.829 bits per heavy atom. The van der Waals surface area contributed by atoms with Crippen LogP contribution in [-0.2, 0) is 35.0 Å². The van der Waals surface area contributed by atoms with Gasteiger partial charge in [0.2, 0.25) is 0 Å². The van der Waals surface area contributed by atoms with Crippen molar-refractivity contribution in [3.63, 3.8) is 0 Å². The zero-order chi connectivity index (χ0) is 30.7. The van der Waals surface area contributed by atoms with E-state index in [1.54, 1.807) is 6.07 Å². The summed E-state index contributed by atoms with van der Waals surface area (Å²) in [6, 6.07) is 4.40. The molecule has 232 valence electrons. The second-order valence-electron chi connectivity index (χ2n) is 10.3. The lowest BCUT2D eigenvalue weighted by Crippen LogP contribution is -2.51. The largest absolute Gasteiger partial charge is 0.513 e. The third-order valence-corrected chi connectivity index (χ3v) is 6.18. The van der Waals surface area contributed by atoms with Gasteiger partial charge in [-0.1, -0.05) is 59.4 Å². The first-order chi connectivity index (χ1) is 19.5. The summed E-state index contributed by atoms with van der Waals surface area (Å²) < 4.78 is 31.0. The van der Waals surface area contributed by atoms with Crippen molar-refractivity contribution in [2.24, 2.45) is 11.7 Å². The number of benzene rings is 1. The molecule has 0 heterocycles. The van der Waals surface area contributed by atoms with Gasteiger partial charge >= 0.3 is 24.2 Å². The molecule has 0 fully saturated rings. The molecule has 0 unspecified atom stereocenters. The van der Waals surface area contributed by atoms with E-state index in [0.29, 0.717) is 30.7 Å². The molecular weight excluding hydrogens is 534 g/mol. The Morgan fingerprint density at radius 3 is 1.95 bits per heavy atom. The van der Waals surface area contributed by atoms with E-state index >= 15 is 0 Å². The molecule has 0 aromatic heterocycles. The number of hydrogen-bond acceptors (Lipinski definition) is 11. The zero-order valence-corrected chi connectivity index (χ0v) is 25.2. The number of ether oxygens (including phenoxy) is 6. The average Bonchev–Trinajstić information content (AvgIpc) is 2.93. The van der Waals surface area contributed by atoms with Crippen molar-refractivity contribution < 1.29 is 47.6 Å². The highest BCUT2D eigenvalue weighted by Crippen LogP contribution is 2.31. The lowest BCUT2D eigenvalue weighted by Gasteiger charge is -2.26. The van der Waals surface area contributed by atoms with Gasteiger partial charge in [0.25, 0.3) is 0 Å². The second-order valence-corrected chi connectivity index (χ2v) is 10.3. The van der Waals surface area contributed by atoms with Gasteiger partial charge in [0.1, 0.15) is 5.54 Å². The van der Waals surface area contributed by atoms with Gasteiger partial charge < -0.3 is 34.2 Å². The lowest BCUT2D eigenvalue weighted by molar-refractivity contribution is -0.151. The zero-order valence-electron chi connectivity index (χ0n) is 25.2. The number of nitrogens with two attached hydrogens (primary N) is 1. The van der Waals surface area contributed by atoms with Crippen LogP contribution in [0, 0.1) is 5.92 Å². The monoisotopic (exact) mass is 581 g/mol. The van der Waals surface area contributed by atoms with Crippen LogP contribution in [0.5, 0.6) is 11.5 Å². The van der Waals surface area contributed by atoms with Crippen molar-refractivity contribution in [2.75, 3.05) is 26.9 Å². The van der Waals surface area contributed by atoms with Gasteiger partial charge in [-0.2, -0.15) is 0 Å². The highest BCUT2D eigenvalue weighted by atomic mass is 16.7. The number of carbonyl (C=O) groups is 4. The summed E-state index contributed by atoms with van der Waals surface area (Å²) in [4.78, 5) is 49.2. The summed E-state index contributed by atoms with van der Waals surface area (Å²) in [5.74, 6) is -0.905. The predicted molar refractivity (Wildman–Crippen MR) is 152 cm³/mol. The first-order valence-corrected chi connectivity index (χ1v) is 14.4. The maximum Gasteiger partial charge on any atom is 0.513 e. The van der Waals surface area contributed by atoms with Crippen LogP contribution < -0.4 is 15.2 Å². The van der Waals surface area contributed by atoms with Crippen molar-refractivity contribution in [1.82, 2.24) is 0 Å². The molecule has 0 bridgehead atoms. The van der Waals surface area contributed by atoms with Gasteiger partial charge in [-0.25, -0.2) is 9.59 Å². The summed E-state index contributed by atoms with van der Waals surface area (Å²) in [5, 5.41) is 0. The fraction of sp³-hybridized carbons (Fsp3) is 0.667. The second kappa shape index (κ2) is 19.7. The molecule has 0 aliphatic heterocycles. The molecule has 1 atom stereocenters. The Hall–Kier alpha value is -3.34. The molecule has 41 heavy (non-hydrogen) atoms. The number of carbonyl (C=O) groups excluding carboxylic acids is 4. The SMILES string of the molecule is CCCCCOC(=O)Oc1ccc(C[C@](N)(CCOC(=O)CCC(C)C)C(=O)OC)cc1OC(=O)OCCCCC. The molecule has 1 aromatic rings. The minimum atomic E-state index is -1.55. The highest BCUT2D eigenvalue weighted by molar-refractivity contribution is 5.81. The Balaban J connectivity index is 3.06. The van der Waals surface area contributed by atoms with E-state index in [0.717, 1.165) is 25.7 Å². The average molecular weight is 582 g/mol. The highest BCUT2D eigenvalue weighted by Gasteiger charge is 2.36. The van der Waals surface area contributed by atoms with Crippen LogP contribution in [-0.4, -0.2) is 56.7 Å². The molecule has 11 heteroatoms. The van der Waals surface area contributed by atoms with Gasteiger partial charge in [-0.3, -0.25) is 9.59 Å². The molecular formula is C30H47NO10. The Bertz CT molecular complexity index is 965. The molecule has 0 saturated carbocycles. The molecule has 0 saturated heterocycles. The molecule has 1 aromatic carbocycles. The normalized spacial score (nSPS) is 12.3. The number of hydrogen-bond donors (Lipinski definition) is 1. The first kappa shape index (κ1) is 35.7. The van der Waals surface area contributed by atoms with Gasteiger partial charge in [-0.05, 0) is 42.9 Å². The summed E-state index contributed by atoms with van der Waals surface area (Å²) in [5.41, 5.74) is 5.36. The molecule has 11 nitrogen and oxygen atoms in total. The molecule has 2 N–H and O–H groups in total. The van der Waals surface area contributed by atoms with Gasteiger partial charge in [0, 0.05) is 19.3 Å². The smallest absolute Gasteiger partial charge is 0.468 e. The first-order valence-electron chi connectivity index (χ1n) is 14.4. The van der Waals surface area contributed by atoms with E-state index in [4.69, 9.17) is 34.2 Å². The summed E-state index contributed by atoms with van der Waals surface area (Å²) in [7, 11) is 1.21. The summed E-state index contributed by atoms with van der Waals surface area (Å²) in [6.07, 6.45) is 4.06. The van der Waals surface area contributed by atoms with Crippen LogP contribution >= 0.6 is 0 Å². The van der Waals surface area contributed by atoms with E-state index in [2.05, 4.69) is 0 Å². The van der Waals surface area contributed by atoms with E-state index in [-0.39, 0.29) is 56.6 Å². The fourth-order valence-corrected chi connectivity index (χ4v) is 3.74. The van der Waals surface area contributed by atoms with Crippen LogP contribution in [0.1, 0.15) is 91.0 Å². The van der Waals surface area contributed by atoms with Crippen LogP contribution in [0.3, 0.4) is 0 Å². The summed E-state index contributed by atoms with van der Waals surface area (Å²) >= 11 is 0. The quantitative estimate of drug-likeness (QED) is 0.0903. The summed E-state index contributed by atoms with van der Waals surface area (Å²) in [6.45, 7) is 8.35. The Morgan fingerprint density at radius 2 is 1.41 bits per heavy atom. The van der Waals surface area contributed by atoms with Crippen molar-refractivity contribution in [3.8, 4) is 11.5 Å². The number of esters is 2. The van der Waals surface area contributed by atoms with Crippen molar-refractivity contribution in [2.45, 2.75) is 97.4 Å². The minimum Gasteiger partial charge on any atom is -0.468 e. The van der Waals surface area contributed by atoms with E-state index in [1.807, 2.05) is 27.7 Å². The Labute approximate surface area is 243 Å². The van der Waals surface area contributed by atoms with Crippen LogP contribution in [0.15, 0.2) is 18.2 Å². The molecule has 0 amide bonds. The Kier molecular flexibility index (Phi) is 17.1. The van der Waals surface area contributed by atoms with Crippen LogP contribution in [0.25, 0.3) is 0 Å². The number of rotatable bonds is 19. The molecule has 0 aliphatic carbocycles.